The van der Waals surface area contributed by atoms with Gasteiger partial charge in [-0.1, -0.05) is 97.1 Å². The van der Waals surface area contributed by atoms with Gasteiger partial charge in [-0.25, -0.2) is 14.4 Å². The average molecular weight is 600 g/mol. The van der Waals surface area contributed by atoms with E-state index in [0.717, 1.165) is 56.8 Å². The van der Waals surface area contributed by atoms with Crippen LogP contribution in [0.4, 0.5) is 4.39 Å². The maximum Gasteiger partial charge on any atom is 0.138 e. The smallest absolute Gasteiger partial charge is 0.138 e. The van der Waals surface area contributed by atoms with Crippen molar-refractivity contribution in [2.45, 2.75) is 12.0 Å². The quantitative estimate of drug-likeness (QED) is 0.184. The Morgan fingerprint density at radius 3 is 2.11 bits per heavy atom. The number of benzene rings is 4. The van der Waals surface area contributed by atoms with Crippen molar-refractivity contribution >= 4 is 11.0 Å². The molecule has 4 aromatic carbocycles. The highest BCUT2D eigenvalue weighted by atomic mass is 19.1. The second-order valence-electron chi connectivity index (χ2n) is 11.5. The number of hydrogen-bond donors (Lipinski definition) is 0. The van der Waals surface area contributed by atoms with Crippen molar-refractivity contribution in [1.82, 2.24) is 24.3 Å². The van der Waals surface area contributed by atoms with Crippen molar-refractivity contribution in [1.29, 1.82) is 0 Å². The Labute approximate surface area is 266 Å². The standard InChI is InChI=1S/C40H30FN5/c41-34-22-19-29(20-23-34)39-35(30-21-24-36-37(26-30)45(28-43-36)38-18-10-11-25-42-38)27-46(44-39)40(31-12-4-1-5-13-31,32-14-6-2-7-15-32)33-16-8-3-9-17-33/h1-16,18-28,33H,17H2. The normalized spacial score (nSPS) is 14.6. The first-order valence-corrected chi connectivity index (χ1v) is 15.4. The molecule has 8 rings (SSSR count). The minimum Gasteiger partial charge on any atom is -0.283 e. The van der Waals surface area contributed by atoms with Gasteiger partial charge < -0.3 is 0 Å². The van der Waals surface area contributed by atoms with Crippen LogP contribution in [0, 0.1) is 11.7 Å². The number of rotatable bonds is 7. The summed E-state index contributed by atoms with van der Waals surface area (Å²) in [6, 6.07) is 39.9. The second kappa shape index (κ2) is 11.6. The van der Waals surface area contributed by atoms with E-state index in [1.165, 1.54) is 12.1 Å². The van der Waals surface area contributed by atoms with Gasteiger partial charge in [0.2, 0.25) is 0 Å². The van der Waals surface area contributed by atoms with Crippen LogP contribution in [0.25, 0.3) is 39.2 Å². The molecule has 1 aliphatic carbocycles. The van der Waals surface area contributed by atoms with Crippen LogP contribution < -0.4 is 0 Å². The Morgan fingerprint density at radius 1 is 0.717 bits per heavy atom. The third-order valence-corrected chi connectivity index (χ3v) is 8.89. The Balaban J connectivity index is 1.41. The Bertz CT molecular complexity index is 2140. The van der Waals surface area contributed by atoms with E-state index in [-0.39, 0.29) is 11.7 Å². The van der Waals surface area contributed by atoms with Crippen molar-refractivity contribution in [2.75, 3.05) is 0 Å². The van der Waals surface area contributed by atoms with Crippen molar-refractivity contribution in [3.63, 3.8) is 0 Å². The molecule has 3 aromatic heterocycles. The molecule has 7 aromatic rings. The predicted octanol–water partition coefficient (Wildman–Crippen LogP) is 9.01. The van der Waals surface area contributed by atoms with Crippen LogP contribution in [0.3, 0.4) is 0 Å². The van der Waals surface area contributed by atoms with Gasteiger partial charge in [0, 0.05) is 29.4 Å². The van der Waals surface area contributed by atoms with Gasteiger partial charge in [0.15, 0.2) is 0 Å². The average Bonchev–Trinajstić information content (AvgIpc) is 3.76. The Kier molecular flexibility index (Phi) is 6.95. The van der Waals surface area contributed by atoms with Crippen molar-refractivity contribution in [3.8, 4) is 28.2 Å². The molecule has 0 N–H and O–H groups in total. The molecule has 3 heterocycles. The SMILES string of the molecule is Fc1ccc(-c2nn(C(c3ccccc3)(c3ccccc3)C3C=CC=CC3)cc2-c2ccc3ncn(-c4ccccn4)c3c2)cc1. The molecule has 0 saturated carbocycles. The molecule has 0 fully saturated rings. The number of allylic oxidation sites excluding steroid dienone is 4. The highest BCUT2D eigenvalue weighted by Gasteiger charge is 2.44. The zero-order valence-corrected chi connectivity index (χ0v) is 25.0. The molecule has 0 radical (unpaired) electrons. The van der Waals surface area contributed by atoms with Gasteiger partial charge in [-0.3, -0.25) is 9.25 Å². The zero-order chi connectivity index (χ0) is 30.9. The lowest BCUT2D eigenvalue weighted by molar-refractivity contribution is 0.293. The number of imidazole rings is 1. The first-order valence-electron chi connectivity index (χ1n) is 15.4. The fraction of sp³-hybridized carbons (Fsp3) is 0.0750. The van der Waals surface area contributed by atoms with Crippen molar-refractivity contribution < 1.29 is 4.39 Å². The number of aromatic nitrogens is 5. The molecule has 5 nitrogen and oxygen atoms in total. The van der Waals surface area contributed by atoms with Crippen LogP contribution in [0.5, 0.6) is 0 Å². The monoisotopic (exact) mass is 599 g/mol. The molecule has 222 valence electrons. The minimum absolute atomic E-state index is 0.0733. The maximum atomic E-state index is 14.2. The molecule has 0 aliphatic heterocycles. The summed E-state index contributed by atoms with van der Waals surface area (Å²) >= 11 is 0. The lowest BCUT2D eigenvalue weighted by Gasteiger charge is -2.41. The molecule has 6 heteroatoms. The van der Waals surface area contributed by atoms with Crippen molar-refractivity contribution in [3.05, 3.63) is 181 Å². The van der Waals surface area contributed by atoms with E-state index < -0.39 is 5.54 Å². The summed E-state index contributed by atoms with van der Waals surface area (Å²) in [7, 11) is 0. The topological polar surface area (TPSA) is 48.5 Å². The third kappa shape index (κ3) is 4.66. The molecule has 0 spiro atoms. The highest BCUT2D eigenvalue weighted by molar-refractivity contribution is 5.88. The molecule has 0 bridgehead atoms. The summed E-state index contributed by atoms with van der Waals surface area (Å²) in [4.78, 5) is 9.21. The lowest BCUT2D eigenvalue weighted by atomic mass is 9.70. The minimum atomic E-state index is -0.670. The van der Waals surface area contributed by atoms with Gasteiger partial charge in [-0.15, -0.1) is 0 Å². The van der Waals surface area contributed by atoms with E-state index >= 15 is 0 Å². The second-order valence-corrected chi connectivity index (χ2v) is 11.5. The number of pyridine rings is 1. The van der Waals surface area contributed by atoms with Crippen LogP contribution in [0.15, 0.2) is 164 Å². The van der Waals surface area contributed by atoms with E-state index in [1.807, 2.05) is 41.0 Å². The molecule has 0 amide bonds. The fourth-order valence-corrected chi connectivity index (χ4v) is 6.75. The van der Waals surface area contributed by atoms with Gasteiger partial charge in [-0.05, 0) is 71.6 Å². The molecule has 1 unspecified atom stereocenters. The van der Waals surface area contributed by atoms with Gasteiger partial charge in [0.05, 0.1) is 11.0 Å². The zero-order valence-electron chi connectivity index (χ0n) is 25.0. The van der Waals surface area contributed by atoms with Gasteiger partial charge >= 0.3 is 0 Å². The summed E-state index contributed by atoms with van der Waals surface area (Å²) in [5.74, 6) is 0.581. The molecular weight excluding hydrogens is 569 g/mol. The fourth-order valence-electron chi connectivity index (χ4n) is 6.75. The van der Waals surface area contributed by atoms with E-state index in [0.29, 0.717) is 0 Å². The van der Waals surface area contributed by atoms with E-state index in [1.54, 1.807) is 24.7 Å². The summed E-state index contributed by atoms with van der Waals surface area (Å²) in [6.45, 7) is 0. The van der Waals surface area contributed by atoms with E-state index in [9.17, 15) is 4.39 Å². The van der Waals surface area contributed by atoms with Crippen molar-refractivity contribution in [2.24, 2.45) is 5.92 Å². The summed E-state index contributed by atoms with van der Waals surface area (Å²) < 4.78 is 18.3. The van der Waals surface area contributed by atoms with Crippen LogP contribution in [-0.4, -0.2) is 24.3 Å². The third-order valence-electron chi connectivity index (χ3n) is 8.89. The van der Waals surface area contributed by atoms with Crippen LogP contribution in [0.1, 0.15) is 17.5 Å². The molecule has 1 aliphatic rings. The van der Waals surface area contributed by atoms with Crippen LogP contribution >= 0.6 is 0 Å². The van der Waals surface area contributed by atoms with Gasteiger partial charge in [-0.2, -0.15) is 5.10 Å². The first kappa shape index (κ1) is 27.7. The molecule has 0 saturated heterocycles. The van der Waals surface area contributed by atoms with Gasteiger partial charge in [0.25, 0.3) is 0 Å². The predicted molar refractivity (Wildman–Crippen MR) is 181 cm³/mol. The number of nitrogens with zero attached hydrogens (tertiary/aromatic N) is 5. The largest absolute Gasteiger partial charge is 0.283 e. The first-order chi connectivity index (χ1) is 22.7. The van der Waals surface area contributed by atoms with Crippen LogP contribution in [0.2, 0.25) is 0 Å². The Hall–Kier alpha value is -5.88. The lowest BCUT2D eigenvalue weighted by Crippen LogP contribution is -2.43. The summed E-state index contributed by atoms with van der Waals surface area (Å²) in [6.07, 6.45) is 15.3. The molecule has 46 heavy (non-hydrogen) atoms. The van der Waals surface area contributed by atoms with E-state index in [4.69, 9.17) is 5.10 Å². The van der Waals surface area contributed by atoms with E-state index in [2.05, 4.69) is 106 Å². The number of halogens is 1. The molecule has 1 atom stereocenters. The summed E-state index contributed by atoms with van der Waals surface area (Å²) in [5, 5.41) is 5.44. The number of fused-ring (bicyclic) bond motifs is 1. The van der Waals surface area contributed by atoms with Crippen LogP contribution in [-0.2, 0) is 5.54 Å². The highest BCUT2D eigenvalue weighted by Crippen LogP contribution is 2.46. The number of hydrogen-bond acceptors (Lipinski definition) is 3. The van der Waals surface area contributed by atoms with Gasteiger partial charge in [0.1, 0.15) is 29.2 Å². The maximum absolute atomic E-state index is 14.2. The molecular formula is C40H30FN5. The Morgan fingerprint density at radius 2 is 1.43 bits per heavy atom. The summed E-state index contributed by atoms with van der Waals surface area (Å²) in [5.41, 5.74) is 6.93.